The van der Waals surface area contributed by atoms with Crippen molar-refractivity contribution in [2.45, 2.75) is 19.9 Å². The molecule has 3 heterocycles. The molecule has 0 unspecified atom stereocenters. The lowest BCUT2D eigenvalue weighted by molar-refractivity contribution is 0.637. The summed E-state index contributed by atoms with van der Waals surface area (Å²) in [5.74, 6) is 0. The fraction of sp³-hybridized carbons (Fsp3) is 0.400. The molecule has 15 heavy (non-hydrogen) atoms. The van der Waals surface area contributed by atoms with Gasteiger partial charge in [0.25, 0.3) is 0 Å². The van der Waals surface area contributed by atoms with Crippen molar-refractivity contribution in [2.24, 2.45) is 0 Å². The monoisotopic (exact) mass is 220 g/mol. The van der Waals surface area contributed by atoms with Gasteiger partial charge < -0.3 is 5.32 Å². The lowest BCUT2D eigenvalue weighted by Crippen LogP contribution is -2.23. The summed E-state index contributed by atoms with van der Waals surface area (Å²) in [4.78, 5) is 4.47. The predicted octanol–water partition coefficient (Wildman–Crippen LogP) is 1.49. The Hall–Kier alpha value is -1.20. The number of H-pyrrole nitrogens is 1. The van der Waals surface area contributed by atoms with Crippen LogP contribution in [0.5, 0.6) is 0 Å². The van der Waals surface area contributed by atoms with E-state index in [1.807, 2.05) is 6.92 Å². The van der Waals surface area contributed by atoms with Crippen molar-refractivity contribution in [3.05, 3.63) is 21.6 Å². The largest absolute Gasteiger partial charge is 0.312 e. The Balaban J connectivity index is 2.08. The Labute approximate surface area is 91.7 Å². The molecule has 0 bridgehead atoms. The zero-order chi connectivity index (χ0) is 10.3. The van der Waals surface area contributed by atoms with Crippen molar-refractivity contribution in [1.82, 2.24) is 20.5 Å². The molecule has 2 N–H and O–H groups in total. The molecule has 0 radical (unpaired) electrons. The van der Waals surface area contributed by atoms with Crippen LogP contribution in [0.1, 0.15) is 16.3 Å². The van der Waals surface area contributed by atoms with Crippen LogP contribution in [0.3, 0.4) is 0 Å². The average molecular weight is 220 g/mol. The highest BCUT2D eigenvalue weighted by Crippen LogP contribution is 2.26. The third-order valence-electron chi connectivity index (χ3n) is 2.67. The van der Waals surface area contributed by atoms with Crippen LogP contribution < -0.4 is 5.32 Å². The van der Waals surface area contributed by atoms with Gasteiger partial charge in [0.05, 0.1) is 5.01 Å². The minimum atomic E-state index is 0.901. The van der Waals surface area contributed by atoms with Gasteiger partial charge in [-0.15, -0.1) is 11.3 Å². The van der Waals surface area contributed by atoms with Gasteiger partial charge in [-0.1, -0.05) is 0 Å². The number of aromatic amines is 1. The van der Waals surface area contributed by atoms with E-state index < -0.39 is 0 Å². The first-order chi connectivity index (χ1) is 7.34. The quantitative estimate of drug-likeness (QED) is 0.765. The third kappa shape index (κ3) is 1.48. The molecule has 2 aromatic heterocycles. The van der Waals surface area contributed by atoms with Crippen molar-refractivity contribution in [3.8, 4) is 11.4 Å². The summed E-state index contributed by atoms with van der Waals surface area (Å²) in [6, 6.07) is 0. The maximum atomic E-state index is 4.47. The molecular weight excluding hydrogens is 208 g/mol. The van der Waals surface area contributed by atoms with Crippen molar-refractivity contribution in [2.75, 3.05) is 6.54 Å². The van der Waals surface area contributed by atoms with Crippen LogP contribution in [-0.4, -0.2) is 21.7 Å². The predicted molar refractivity (Wildman–Crippen MR) is 59.8 cm³/mol. The van der Waals surface area contributed by atoms with Crippen LogP contribution >= 0.6 is 11.3 Å². The van der Waals surface area contributed by atoms with E-state index in [0.29, 0.717) is 0 Å². The Morgan fingerprint density at radius 2 is 2.40 bits per heavy atom. The van der Waals surface area contributed by atoms with Gasteiger partial charge >= 0.3 is 0 Å². The highest BCUT2D eigenvalue weighted by Gasteiger charge is 2.18. The van der Waals surface area contributed by atoms with E-state index in [4.69, 9.17) is 0 Å². The van der Waals surface area contributed by atoms with Crippen LogP contribution in [0.15, 0.2) is 5.38 Å². The molecule has 1 aliphatic heterocycles. The topological polar surface area (TPSA) is 53.6 Å². The Morgan fingerprint density at radius 1 is 1.47 bits per heavy atom. The van der Waals surface area contributed by atoms with Crippen molar-refractivity contribution in [1.29, 1.82) is 0 Å². The van der Waals surface area contributed by atoms with Crippen LogP contribution in [0.4, 0.5) is 0 Å². The Morgan fingerprint density at radius 3 is 3.20 bits per heavy atom. The first kappa shape index (κ1) is 9.06. The highest BCUT2D eigenvalue weighted by molar-refractivity contribution is 7.09. The van der Waals surface area contributed by atoms with Crippen LogP contribution in [0.2, 0.25) is 0 Å². The molecule has 78 valence electrons. The Kier molecular flexibility index (Phi) is 2.07. The minimum Gasteiger partial charge on any atom is -0.312 e. The summed E-state index contributed by atoms with van der Waals surface area (Å²) in [5.41, 5.74) is 4.56. The zero-order valence-electron chi connectivity index (χ0n) is 8.50. The lowest BCUT2D eigenvalue weighted by atomic mass is 10.1. The number of hydrogen-bond acceptors (Lipinski definition) is 4. The van der Waals surface area contributed by atoms with Gasteiger partial charge in [-0.05, 0) is 6.92 Å². The molecular formula is C10H12N4S. The van der Waals surface area contributed by atoms with Crippen LogP contribution in [0, 0.1) is 6.92 Å². The lowest BCUT2D eigenvalue weighted by Gasteiger charge is -2.12. The second kappa shape index (κ2) is 3.43. The molecule has 0 atom stereocenters. The first-order valence-electron chi connectivity index (χ1n) is 5.04. The number of fused-ring (bicyclic) bond motifs is 1. The van der Waals surface area contributed by atoms with Gasteiger partial charge in [0, 0.05) is 36.1 Å². The van der Waals surface area contributed by atoms with E-state index in [2.05, 4.69) is 25.9 Å². The van der Waals surface area contributed by atoms with Crippen molar-refractivity contribution < 1.29 is 0 Å². The minimum absolute atomic E-state index is 0.901. The summed E-state index contributed by atoms with van der Waals surface area (Å²) >= 11 is 1.67. The van der Waals surface area contributed by atoms with Gasteiger partial charge in [0.1, 0.15) is 11.4 Å². The molecule has 2 aromatic rings. The normalized spacial score (nSPS) is 15.3. The molecule has 0 fully saturated rings. The number of nitrogens with zero attached hydrogens (tertiary/aromatic N) is 2. The summed E-state index contributed by atoms with van der Waals surface area (Å²) in [6.45, 7) is 3.95. The summed E-state index contributed by atoms with van der Waals surface area (Å²) in [7, 11) is 0. The molecule has 0 aromatic carbocycles. The van der Waals surface area contributed by atoms with Crippen LogP contribution in [-0.2, 0) is 13.0 Å². The zero-order valence-corrected chi connectivity index (χ0v) is 9.32. The molecule has 0 spiro atoms. The summed E-state index contributed by atoms with van der Waals surface area (Å²) < 4.78 is 0. The molecule has 1 aliphatic rings. The first-order valence-corrected chi connectivity index (χ1v) is 5.92. The fourth-order valence-corrected chi connectivity index (χ4v) is 2.51. The van der Waals surface area contributed by atoms with E-state index in [1.54, 1.807) is 11.3 Å². The molecule has 4 nitrogen and oxygen atoms in total. The Bertz CT molecular complexity index is 485. The molecule has 0 saturated carbocycles. The van der Waals surface area contributed by atoms with E-state index in [1.165, 1.54) is 11.3 Å². The van der Waals surface area contributed by atoms with Gasteiger partial charge in [-0.25, -0.2) is 4.98 Å². The third-order valence-corrected chi connectivity index (χ3v) is 3.44. The maximum absolute atomic E-state index is 4.47. The average Bonchev–Trinajstić information content (AvgIpc) is 2.83. The van der Waals surface area contributed by atoms with E-state index in [-0.39, 0.29) is 0 Å². The number of hydrogen-bond donors (Lipinski definition) is 2. The number of aryl methyl sites for hydroxylation is 1. The fourth-order valence-electron chi connectivity index (χ4n) is 1.91. The second-order valence-electron chi connectivity index (χ2n) is 3.71. The second-order valence-corrected chi connectivity index (χ2v) is 4.77. The maximum Gasteiger partial charge on any atom is 0.116 e. The van der Waals surface area contributed by atoms with E-state index >= 15 is 0 Å². The number of nitrogens with one attached hydrogen (secondary N) is 2. The van der Waals surface area contributed by atoms with Crippen molar-refractivity contribution in [3.63, 3.8) is 0 Å². The van der Waals surface area contributed by atoms with Gasteiger partial charge in [-0.3, -0.25) is 5.10 Å². The standard InChI is InChI=1S/C10H12N4S/c1-6-12-9(5-15-6)10-7-4-11-3-2-8(7)13-14-10/h5,11H,2-4H2,1H3,(H,13,14). The van der Waals surface area contributed by atoms with Gasteiger partial charge in [0.15, 0.2) is 0 Å². The molecule has 3 rings (SSSR count). The summed E-state index contributed by atoms with van der Waals surface area (Å²) in [5, 5.41) is 14.0. The van der Waals surface area contributed by atoms with Gasteiger partial charge in [-0.2, -0.15) is 5.10 Å². The number of aromatic nitrogens is 3. The van der Waals surface area contributed by atoms with Gasteiger partial charge in [0.2, 0.25) is 0 Å². The SMILES string of the molecule is Cc1nc(-c2n[nH]c3c2CNCC3)cs1. The smallest absolute Gasteiger partial charge is 0.116 e. The number of rotatable bonds is 1. The van der Waals surface area contributed by atoms with E-state index in [0.717, 1.165) is 35.9 Å². The van der Waals surface area contributed by atoms with E-state index in [9.17, 15) is 0 Å². The summed E-state index contributed by atoms with van der Waals surface area (Å²) in [6.07, 6.45) is 1.03. The highest BCUT2D eigenvalue weighted by atomic mass is 32.1. The number of thiazole rings is 1. The molecule has 0 amide bonds. The van der Waals surface area contributed by atoms with Crippen molar-refractivity contribution >= 4 is 11.3 Å². The van der Waals surface area contributed by atoms with Crippen LogP contribution in [0.25, 0.3) is 11.4 Å². The molecule has 5 heteroatoms. The molecule has 0 saturated heterocycles. The molecule has 0 aliphatic carbocycles.